The lowest BCUT2D eigenvalue weighted by Crippen LogP contribution is -2.01. The highest BCUT2D eigenvalue weighted by Gasteiger charge is 2.12. The molecular weight excluding hydrogens is 300 g/mol. The molecular formula is C16H18N2O3S. The molecule has 116 valence electrons. The quantitative estimate of drug-likeness (QED) is 0.779. The van der Waals surface area contributed by atoms with Crippen molar-refractivity contribution in [3.05, 3.63) is 39.8 Å². The van der Waals surface area contributed by atoms with Gasteiger partial charge in [-0.05, 0) is 26.0 Å². The standard InChI is InChI=1S/C16H18N2O3S/c1-4-20-11(2)16-18-13(10-22-16)9-21-14-6-5-12(8-17)7-15(14)19-3/h5-7,10-11H,4,9H2,1-3H3. The van der Waals surface area contributed by atoms with Crippen LogP contribution in [0.5, 0.6) is 11.5 Å². The molecule has 0 spiro atoms. The van der Waals surface area contributed by atoms with E-state index in [-0.39, 0.29) is 6.10 Å². The van der Waals surface area contributed by atoms with E-state index in [1.165, 1.54) is 0 Å². The minimum atomic E-state index is -0.00630. The van der Waals surface area contributed by atoms with E-state index in [1.54, 1.807) is 36.6 Å². The molecule has 6 heteroatoms. The normalized spacial score (nSPS) is 11.7. The second-order valence-corrected chi connectivity index (χ2v) is 5.43. The van der Waals surface area contributed by atoms with Gasteiger partial charge in [0.1, 0.15) is 17.7 Å². The molecule has 0 aliphatic rings. The van der Waals surface area contributed by atoms with Gasteiger partial charge in [0.25, 0.3) is 0 Å². The zero-order valence-corrected chi connectivity index (χ0v) is 13.6. The number of nitrogens with zero attached hydrogens (tertiary/aromatic N) is 2. The Hall–Kier alpha value is -2.10. The van der Waals surface area contributed by atoms with E-state index in [9.17, 15) is 0 Å². The van der Waals surface area contributed by atoms with E-state index < -0.39 is 0 Å². The van der Waals surface area contributed by atoms with Gasteiger partial charge < -0.3 is 14.2 Å². The molecule has 5 nitrogen and oxygen atoms in total. The number of rotatable bonds is 7. The van der Waals surface area contributed by atoms with Crippen molar-refractivity contribution < 1.29 is 14.2 Å². The summed E-state index contributed by atoms with van der Waals surface area (Å²) >= 11 is 1.56. The van der Waals surface area contributed by atoms with Gasteiger partial charge in [0.15, 0.2) is 11.5 Å². The third-order valence-corrected chi connectivity index (χ3v) is 4.06. The third-order valence-electron chi connectivity index (χ3n) is 3.00. The van der Waals surface area contributed by atoms with Gasteiger partial charge in [0.05, 0.1) is 24.4 Å². The van der Waals surface area contributed by atoms with E-state index in [4.69, 9.17) is 19.5 Å². The zero-order valence-electron chi connectivity index (χ0n) is 12.8. The molecule has 0 saturated heterocycles. The van der Waals surface area contributed by atoms with Gasteiger partial charge in [-0.2, -0.15) is 5.26 Å². The van der Waals surface area contributed by atoms with Crippen LogP contribution >= 0.6 is 11.3 Å². The van der Waals surface area contributed by atoms with Crippen LogP contribution in [0.3, 0.4) is 0 Å². The average Bonchev–Trinajstić information content (AvgIpc) is 3.02. The first-order chi connectivity index (χ1) is 10.7. The van der Waals surface area contributed by atoms with Crippen molar-refractivity contribution in [1.82, 2.24) is 4.98 Å². The number of aromatic nitrogens is 1. The van der Waals surface area contributed by atoms with Gasteiger partial charge in [0, 0.05) is 18.1 Å². The summed E-state index contributed by atoms with van der Waals surface area (Å²) in [6.07, 6.45) is -0.00630. The van der Waals surface area contributed by atoms with E-state index >= 15 is 0 Å². The van der Waals surface area contributed by atoms with E-state index in [0.29, 0.717) is 30.3 Å². The third kappa shape index (κ3) is 3.97. The van der Waals surface area contributed by atoms with Gasteiger partial charge in [-0.15, -0.1) is 11.3 Å². The van der Waals surface area contributed by atoms with Crippen molar-refractivity contribution in [2.24, 2.45) is 0 Å². The maximum absolute atomic E-state index is 8.89. The largest absolute Gasteiger partial charge is 0.493 e. The molecule has 2 aromatic rings. The fourth-order valence-corrected chi connectivity index (χ4v) is 2.71. The molecule has 1 aromatic heterocycles. The number of ether oxygens (including phenoxy) is 3. The molecule has 1 unspecified atom stereocenters. The van der Waals surface area contributed by atoms with Crippen LogP contribution in [0, 0.1) is 11.3 Å². The second kappa shape index (κ2) is 7.78. The maximum atomic E-state index is 8.89. The molecule has 0 N–H and O–H groups in total. The SMILES string of the molecule is CCOC(C)c1nc(COc2ccc(C#N)cc2OC)cs1. The second-order valence-electron chi connectivity index (χ2n) is 4.54. The van der Waals surface area contributed by atoms with Crippen LogP contribution in [0.2, 0.25) is 0 Å². The number of thiazole rings is 1. The van der Waals surface area contributed by atoms with E-state index in [1.807, 2.05) is 19.2 Å². The molecule has 1 aromatic carbocycles. The minimum absolute atomic E-state index is 0.00630. The summed E-state index contributed by atoms with van der Waals surface area (Å²) in [4.78, 5) is 4.51. The Morgan fingerprint density at radius 1 is 1.36 bits per heavy atom. The Bertz CT molecular complexity index is 664. The van der Waals surface area contributed by atoms with Crippen LogP contribution in [-0.4, -0.2) is 18.7 Å². The van der Waals surface area contributed by atoms with Crippen molar-refractivity contribution in [3.63, 3.8) is 0 Å². The smallest absolute Gasteiger partial charge is 0.162 e. The predicted octanol–water partition coefficient (Wildman–Crippen LogP) is 3.70. The van der Waals surface area contributed by atoms with E-state index in [0.717, 1.165) is 10.7 Å². The zero-order chi connectivity index (χ0) is 15.9. The van der Waals surface area contributed by atoms with Crippen LogP contribution in [0.25, 0.3) is 0 Å². The van der Waals surface area contributed by atoms with Crippen LogP contribution in [-0.2, 0) is 11.3 Å². The summed E-state index contributed by atoms with van der Waals surface area (Å²) in [5.74, 6) is 1.13. The van der Waals surface area contributed by atoms with Crippen molar-refractivity contribution in [1.29, 1.82) is 5.26 Å². The monoisotopic (exact) mass is 318 g/mol. The number of hydrogen-bond acceptors (Lipinski definition) is 6. The number of benzene rings is 1. The maximum Gasteiger partial charge on any atom is 0.162 e. The number of nitriles is 1. The first kappa shape index (κ1) is 16.3. The topological polar surface area (TPSA) is 64.4 Å². The van der Waals surface area contributed by atoms with Gasteiger partial charge >= 0.3 is 0 Å². The Morgan fingerprint density at radius 3 is 2.86 bits per heavy atom. The van der Waals surface area contributed by atoms with Gasteiger partial charge in [-0.25, -0.2) is 4.98 Å². The van der Waals surface area contributed by atoms with Crippen LogP contribution in [0.4, 0.5) is 0 Å². The summed E-state index contributed by atoms with van der Waals surface area (Å²) in [6.45, 7) is 4.95. The lowest BCUT2D eigenvalue weighted by atomic mass is 10.2. The molecule has 0 saturated carbocycles. The van der Waals surface area contributed by atoms with Crippen molar-refractivity contribution in [2.45, 2.75) is 26.6 Å². The molecule has 22 heavy (non-hydrogen) atoms. The molecule has 0 fully saturated rings. The summed E-state index contributed by atoms with van der Waals surface area (Å²) in [7, 11) is 1.55. The first-order valence-corrected chi connectivity index (χ1v) is 7.82. The van der Waals surface area contributed by atoms with Crippen molar-refractivity contribution >= 4 is 11.3 Å². The molecule has 1 heterocycles. The lowest BCUT2D eigenvalue weighted by Gasteiger charge is -2.10. The molecule has 0 aliphatic carbocycles. The fourth-order valence-electron chi connectivity index (χ4n) is 1.91. The number of hydrogen-bond donors (Lipinski definition) is 0. The van der Waals surface area contributed by atoms with Gasteiger partial charge in [-0.1, -0.05) is 0 Å². The molecule has 0 amide bonds. The first-order valence-electron chi connectivity index (χ1n) is 6.94. The summed E-state index contributed by atoms with van der Waals surface area (Å²) in [5.41, 5.74) is 1.38. The van der Waals surface area contributed by atoms with Crippen LogP contribution < -0.4 is 9.47 Å². The van der Waals surface area contributed by atoms with Crippen LogP contribution in [0.1, 0.15) is 36.2 Å². The molecule has 0 radical (unpaired) electrons. The molecule has 1 atom stereocenters. The van der Waals surface area contributed by atoms with Gasteiger partial charge in [-0.3, -0.25) is 0 Å². The highest BCUT2D eigenvalue weighted by atomic mass is 32.1. The average molecular weight is 318 g/mol. The summed E-state index contributed by atoms with van der Waals surface area (Å²) < 4.78 is 16.5. The summed E-state index contributed by atoms with van der Waals surface area (Å²) in [6, 6.07) is 7.15. The van der Waals surface area contributed by atoms with Crippen LogP contribution in [0.15, 0.2) is 23.6 Å². The Labute approximate surface area is 134 Å². The lowest BCUT2D eigenvalue weighted by molar-refractivity contribution is 0.0760. The Balaban J connectivity index is 2.03. The minimum Gasteiger partial charge on any atom is -0.493 e. The molecule has 2 rings (SSSR count). The molecule has 0 bridgehead atoms. The van der Waals surface area contributed by atoms with E-state index in [2.05, 4.69) is 11.1 Å². The van der Waals surface area contributed by atoms with Gasteiger partial charge in [0.2, 0.25) is 0 Å². The summed E-state index contributed by atoms with van der Waals surface area (Å²) in [5, 5.41) is 11.8. The van der Waals surface area contributed by atoms with Crippen molar-refractivity contribution in [2.75, 3.05) is 13.7 Å². The fraction of sp³-hybridized carbons (Fsp3) is 0.375. The van der Waals surface area contributed by atoms with Crippen molar-refractivity contribution in [3.8, 4) is 17.6 Å². The number of methoxy groups -OCH3 is 1. The predicted molar refractivity (Wildman–Crippen MR) is 84.2 cm³/mol. The Morgan fingerprint density at radius 2 is 2.18 bits per heavy atom. The molecule has 0 aliphatic heterocycles. The highest BCUT2D eigenvalue weighted by Crippen LogP contribution is 2.29. The Kier molecular flexibility index (Phi) is 5.75. The highest BCUT2D eigenvalue weighted by molar-refractivity contribution is 7.09.